The second-order valence-corrected chi connectivity index (χ2v) is 9.11. The molecule has 0 radical (unpaired) electrons. The fourth-order valence-corrected chi connectivity index (χ4v) is 4.53. The van der Waals surface area contributed by atoms with Crippen molar-refractivity contribution < 1.29 is 60.8 Å². The molecule has 0 aliphatic heterocycles. The van der Waals surface area contributed by atoms with Crippen LogP contribution in [0.5, 0.6) is 0 Å². The van der Waals surface area contributed by atoms with E-state index >= 15 is 0 Å². The predicted octanol–water partition coefficient (Wildman–Crippen LogP) is -0.412. The van der Waals surface area contributed by atoms with Gasteiger partial charge in [-0.25, -0.2) is 0 Å². The molecule has 1 atom stereocenters. The van der Waals surface area contributed by atoms with E-state index in [9.17, 15) is 4.89 Å². The van der Waals surface area contributed by atoms with Gasteiger partial charge in [0.15, 0.2) is 0 Å². The van der Waals surface area contributed by atoms with E-state index in [2.05, 4.69) is 12.1 Å². The van der Waals surface area contributed by atoms with Crippen LogP contribution >= 0.6 is 17.1 Å². The zero-order valence-corrected chi connectivity index (χ0v) is 15.2. The van der Waals surface area contributed by atoms with Gasteiger partial charge in [-0.05, 0) is 18.9 Å². The summed E-state index contributed by atoms with van der Waals surface area (Å²) >= 11 is 6.10. The molecule has 0 aliphatic carbocycles. The molecule has 1 unspecified atom stereocenters. The van der Waals surface area contributed by atoms with Crippen LogP contribution in [-0.4, -0.2) is 12.4 Å². The van der Waals surface area contributed by atoms with E-state index in [0.29, 0.717) is 6.61 Å². The molecule has 0 fully saturated rings. The van der Waals surface area contributed by atoms with Gasteiger partial charge in [0.1, 0.15) is 0 Å². The van der Waals surface area contributed by atoms with Gasteiger partial charge < -0.3 is 9.42 Å². The van der Waals surface area contributed by atoms with E-state index in [1.807, 2.05) is 18.2 Å². The van der Waals surface area contributed by atoms with Gasteiger partial charge in [0, 0.05) is 18.1 Å². The maximum atomic E-state index is 11.6. The summed E-state index contributed by atoms with van der Waals surface area (Å²) in [5.41, 5.74) is -1.60. The molecular formula is C10H14KO2PS2. The SMILES string of the molecule is CCOP([O-])(=S)SCCc1ccccc1.[K+]. The first-order valence-corrected chi connectivity index (χ1v) is 9.01. The summed E-state index contributed by atoms with van der Waals surface area (Å²) in [6.07, 6.45) is 0.874. The summed E-state index contributed by atoms with van der Waals surface area (Å²) in [4.78, 5) is 11.6. The topological polar surface area (TPSA) is 32.3 Å². The number of aryl methyl sites for hydroxylation is 1. The van der Waals surface area contributed by atoms with Gasteiger partial charge >= 0.3 is 51.4 Å². The summed E-state index contributed by atoms with van der Waals surface area (Å²) in [5, 5.41) is 0. The van der Waals surface area contributed by atoms with Gasteiger partial charge in [-0.15, -0.1) is 11.4 Å². The molecular weight excluding hydrogens is 286 g/mol. The Bertz CT molecular complexity index is 335. The van der Waals surface area contributed by atoms with Crippen LogP contribution in [0, 0.1) is 0 Å². The molecule has 0 N–H and O–H groups in total. The van der Waals surface area contributed by atoms with Crippen molar-refractivity contribution >= 4 is 28.9 Å². The molecule has 84 valence electrons. The van der Waals surface area contributed by atoms with Crippen LogP contribution < -0.4 is 56.3 Å². The van der Waals surface area contributed by atoms with Crippen LogP contribution in [0.2, 0.25) is 0 Å². The van der Waals surface area contributed by atoms with E-state index in [1.165, 1.54) is 16.9 Å². The van der Waals surface area contributed by atoms with Crippen molar-refractivity contribution in [3.05, 3.63) is 35.9 Å². The van der Waals surface area contributed by atoms with Crippen molar-refractivity contribution in [3.63, 3.8) is 0 Å². The normalized spacial score (nSPS) is 13.9. The average Bonchev–Trinajstić information content (AvgIpc) is 2.19. The molecule has 1 aromatic carbocycles. The Morgan fingerprint density at radius 3 is 2.56 bits per heavy atom. The molecule has 0 aliphatic rings. The second kappa shape index (κ2) is 9.67. The van der Waals surface area contributed by atoms with Gasteiger partial charge in [0.05, 0.1) is 0 Å². The van der Waals surface area contributed by atoms with Crippen molar-refractivity contribution in [2.45, 2.75) is 13.3 Å². The van der Waals surface area contributed by atoms with E-state index in [1.54, 1.807) is 6.92 Å². The van der Waals surface area contributed by atoms with Crippen LogP contribution in [0.25, 0.3) is 0 Å². The number of benzene rings is 1. The molecule has 0 heterocycles. The minimum Gasteiger partial charge on any atom is -0.793 e. The summed E-state index contributed by atoms with van der Waals surface area (Å²) in [7, 11) is 0. The van der Waals surface area contributed by atoms with Gasteiger partial charge in [-0.3, -0.25) is 0 Å². The average molecular weight is 300 g/mol. The molecule has 6 heteroatoms. The minimum absolute atomic E-state index is 0. The fourth-order valence-electron chi connectivity index (χ4n) is 1.12. The summed E-state index contributed by atoms with van der Waals surface area (Å²) < 4.78 is 5.00. The van der Waals surface area contributed by atoms with E-state index in [4.69, 9.17) is 16.3 Å². The molecule has 0 saturated heterocycles. The van der Waals surface area contributed by atoms with Crippen molar-refractivity contribution in [1.82, 2.24) is 0 Å². The second-order valence-electron chi connectivity index (χ2n) is 2.93. The Kier molecular flexibility index (Phi) is 10.7. The minimum atomic E-state index is -2.83. The molecule has 0 saturated carbocycles. The van der Waals surface area contributed by atoms with Crippen molar-refractivity contribution in [3.8, 4) is 0 Å². The summed E-state index contributed by atoms with van der Waals surface area (Å²) in [6.45, 7) is 2.22. The Balaban J connectivity index is 0.00000225. The number of hydrogen-bond acceptors (Lipinski definition) is 4. The van der Waals surface area contributed by atoms with E-state index in [0.717, 1.165) is 12.2 Å². The zero-order valence-electron chi connectivity index (χ0n) is 9.59. The standard InChI is InChI=1S/C10H15O2PS2.K/c1-2-12-13(11,14)15-9-8-10-6-4-3-5-7-10;/h3-7H,2,8-9H2,1H3,(H,11,14);/q;+1/p-1. The fraction of sp³-hybridized carbons (Fsp3) is 0.400. The Hall–Kier alpha value is 1.78. The van der Waals surface area contributed by atoms with Crippen LogP contribution in [0.1, 0.15) is 12.5 Å². The van der Waals surface area contributed by atoms with Gasteiger partial charge in [0.2, 0.25) is 0 Å². The van der Waals surface area contributed by atoms with Gasteiger partial charge in [0.25, 0.3) is 0 Å². The molecule has 0 aromatic heterocycles. The Morgan fingerprint density at radius 2 is 2.00 bits per heavy atom. The molecule has 0 spiro atoms. The van der Waals surface area contributed by atoms with Crippen molar-refractivity contribution in [2.24, 2.45) is 0 Å². The first kappa shape index (κ1) is 17.8. The van der Waals surface area contributed by atoms with Gasteiger partial charge in [-0.2, -0.15) is 0 Å². The predicted molar refractivity (Wildman–Crippen MR) is 68.5 cm³/mol. The largest absolute Gasteiger partial charge is 1.00 e. The van der Waals surface area contributed by atoms with E-state index in [-0.39, 0.29) is 51.4 Å². The quantitative estimate of drug-likeness (QED) is 0.528. The van der Waals surface area contributed by atoms with Crippen LogP contribution in [0.4, 0.5) is 0 Å². The van der Waals surface area contributed by atoms with Crippen molar-refractivity contribution in [2.75, 3.05) is 12.4 Å². The first-order valence-electron chi connectivity index (χ1n) is 4.78. The number of rotatable bonds is 6. The summed E-state index contributed by atoms with van der Waals surface area (Å²) in [5.74, 6) is 0.741. The maximum absolute atomic E-state index is 11.6. The molecule has 16 heavy (non-hydrogen) atoms. The Labute approximate surface area is 149 Å². The molecule has 0 amide bonds. The van der Waals surface area contributed by atoms with Crippen LogP contribution in [0.15, 0.2) is 30.3 Å². The van der Waals surface area contributed by atoms with E-state index < -0.39 is 5.69 Å². The maximum Gasteiger partial charge on any atom is 1.00 e. The van der Waals surface area contributed by atoms with Crippen LogP contribution in [-0.2, 0) is 22.8 Å². The molecule has 2 nitrogen and oxygen atoms in total. The van der Waals surface area contributed by atoms with Crippen LogP contribution in [0.3, 0.4) is 0 Å². The molecule has 0 bridgehead atoms. The smallest absolute Gasteiger partial charge is 0.793 e. The molecule has 1 aromatic rings. The zero-order chi connectivity index (χ0) is 11.1. The third-order valence-corrected chi connectivity index (χ3v) is 6.13. The first-order chi connectivity index (χ1) is 7.14. The third kappa shape index (κ3) is 7.98. The summed E-state index contributed by atoms with van der Waals surface area (Å²) in [6, 6.07) is 10.1. The third-order valence-electron chi connectivity index (χ3n) is 1.77. The molecule has 1 rings (SSSR count). The number of hydrogen-bond donors (Lipinski definition) is 0. The Morgan fingerprint density at radius 1 is 1.38 bits per heavy atom. The monoisotopic (exact) mass is 300 g/mol. The van der Waals surface area contributed by atoms with Crippen molar-refractivity contribution in [1.29, 1.82) is 0 Å². The van der Waals surface area contributed by atoms with Gasteiger partial charge in [-0.1, -0.05) is 42.1 Å².